The molecule has 3 rings (SSSR count). The Morgan fingerprint density at radius 3 is 2.20 bits per heavy atom. The van der Waals surface area contributed by atoms with Gasteiger partial charge in [-0.15, -0.1) is 0 Å². The van der Waals surface area contributed by atoms with Gasteiger partial charge in [-0.2, -0.15) is 0 Å². The van der Waals surface area contributed by atoms with E-state index in [2.05, 4.69) is 4.98 Å². The maximum Gasteiger partial charge on any atom is 0.308 e. The summed E-state index contributed by atoms with van der Waals surface area (Å²) in [7, 11) is 1.57. The van der Waals surface area contributed by atoms with Gasteiger partial charge in [-0.3, -0.25) is 9.59 Å². The molecule has 0 fully saturated rings. The Kier molecular flexibility index (Phi) is 4.48. The van der Waals surface area contributed by atoms with Crippen LogP contribution in [0, 0.1) is 6.92 Å². The molecule has 1 aromatic heterocycles. The van der Waals surface area contributed by atoms with Gasteiger partial charge in [-0.05, 0) is 31.2 Å². The molecule has 0 N–H and O–H groups in total. The van der Waals surface area contributed by atoms with E-state index in [1.165, 1.54) is 6.92 Å². The van der Waals surface area contributed by atoms with Gasteiger partial charge in [0.05, 0.1) is 12.8 Å². The van der Waals surface area contributed by atoms with Crippen LogP contribution in [-0.2, 0) is 4.79 Å². The number of nitrogens with zero attached hydrogens (tertiary/aromatic N) is 1. The predicted molar refractivity (Wildman–Crippen MR) is 94.2 cm³/mol. The van der Waals surface area contributed by atoms with Crippen LogP contribution in [0.15, 0.2) is 48.5 Å². The van der Waals surface area contributed by atoms with Gasteiger partial charge in [-0.1, -0.05) is 24.3 Å². The molecule has 0 amide bonds. The molecule has 0 spiro atoms. The van der Waals surface area contributed by atoms with Gasteiger partial charge < -0.3 is 9.47 Å². The van der Waals surface area contributed by atoms with E-state index in [9.17, 15) is 9.59 Å². The number of aromatic nitrogens is 1. The number of aryl methyl sites for hydroxylation is 1. The van der Waals surface area contributed by atoms with Crippen molar-refractivity contribution < 1.29 is 19.1 Å². The molecule has 1 heterocycles. The summed E-state index contributed by atoms with van der Waals surface area (Å²) in [5.74, 6) is 0.436. The van der Waals surface area contributed by atoms with Crippen LogP contribution in [0.25, 0.3) is 10.8 Å². The van der Waals surface area contributed by atoms with Crippen molar-refractivity contribution in [1.29, 1.82) is 0 Å². The lowest BCUT2D eigenvalue weighted by molar-refractivity contribution is -0.131. The Hall–Kier alpha value is -3.21. The number of ether oxygens (including phenoxy) is 2. The molecular formula is C20H17NO4. The first-order valence-electron chi connectivity index (χ1n) is 7.77. The fourth-order valence-corrected chi connectivity index (χ4v) is 2.69. The van der Waals surface area contributed by atoms with Crippen LogP contribution in [0.5, 0.6) is 11.5 Å². The fraction of sp³-hybridized carbons (Fsp3) is 0.150. The highest BCUT2D eigenvalue weighted by Gasteiger charge is 2.19. The molecule has 25 heavy (non-hydrogen) atoms. The summed E-state index contributed by atoms with van der Waals surface area (Å²) in [4.78, 5) is 28.7. The second-order valence-electron chi connectivity index (χ2n) is 5.57. The van der Waals surface area contributed by atoms with Crippen molar-refractivity contribution >= 4 is 22.5 Å². The summed E-state index contributed by atoms with van der Waals surface area (Å²) < 4.78 is 10.4. The molecule has 0 aliphatic carbocycles. The minimum atomic E-state index is -0.427. The molecule has 5 heteroatoms. The first kappa shape index (κ1) is 16.6. The Morgan fingerprint density at radius 1 is 0.960 bits per heavy atom. The number of rotatable bonds is 4. The van der Waals surface area contributed by atoms with Gasteiger partial charge in [0.1, 0.15) is 11.4 Å². The number of hydrogen-bond donors (Lipinski definition) is 0. The van der Waals surface area contributed by atoms with Crippen molar-refractivity contribution in [3.63, 3.8) is 0 Å². The molecule has 0 aliphatic heterocycles. The van der Waals surface area contributed by atoms with Gasteiger partial charge >= 0.3 is 5.97 Å². The average molecular weight is 335 g/mol. The van der Waals surface area contributed by atoms with Gasteiger partial charge in [0.25, 0.3) is 0 Å². The zero-order valence-corrected chi connectivity index (χ0v) is 14.2. The van der Waals surface area contributed by atoms with Gasteiger partial charge in [-0.25, -0.2) is 4.98 Å². The quantitative estimate of drug-likeness (QED) is 0.537. The lowest BCUT2D eigenvalue weighted by Gasteiger charge is -2.12. The largest absolute Gasteiger partial charge is 0.497 e. The third-order valence-electron chi connectivity index (χ3n) is 3.85. The van der Waals surface area contributed by atoms with Crippen LogP contribution in [0.1, 0.15) is 28.7 Å². The second kappa shape index (κ2) is 6.73. The monoisotopic (exact) mass is 335 g/mol. The number of carbonyl (C=O) groups is 2. The Morgan fingerprint density at radius 2 is 1.60 bits per heavy atom. The minimum Gasteiger partial charge on any atom is -0.497 e. The first-order chi connectivity index (χ1) is 12.0. The third-order valence-corrected chi connectivity index (χ3v) is 3.85. The van der Waals surface area contributed by atoms with Crippen LogP contribution in [0.2, 0.25) is 0 Å². The van der Waals surface area contributed by atoms with E-state index < -0.39 is 5.97 Å². The van der Waals surface area contributed by atoms with Crippen molar-refractivity contribution in [3.05, 3.63) is 65.5 Å². The van der Waals surface area contributed by atoms with E-state index >= 15 is 0 Å². The molecule has 3 aromatic rings. The molecule has 0 aliphatic rings. The van der Waals surface area contributed by atoms with Crippen molar-refractivity contribution in [2.75, 3.05) is 7.11 Å². The summed E-state index contributed by atoms with van der Waals surface area (Å²) in [6.07, 6.45) is 0. The van der Waals surface area contributed by atoms with Crippen LogP contribution < -0.4 is 9.47 Å². The van der Waals surface area contributed by atoms with E-state index in [0.29, 0.717) is 39.2 Å². The maximum absolute atomic E-state index is 12.9. The van der Waals surface area contributed by atoms with Crippen LogP contribution in [-0.4, -0.2) is 23.8 Å². The molecular weight excluding hydrogens is 318 g/mol. The molecule has 0 saturated carbocycles. The minimum absolute atomic E-state index is 0.198. The van der Waals surface area contributed by atoms with Crippen molar-refractivity contribution in [1.82, 2.24) is 4.98 Å². The number of hydrogen-bond acceptors (Lipinski definition) is 5. The van der Waals surface area contributed by atoms with Crippen molar-refractivity contribution in [2.24, 2.45) is 0 Å². The Labute approximate surface area is 145 Å². The standard InChI is InChI=1S/C20H17NO4/c1-12-20(25-13(2)22)17-7-5-4-6-16(17)18(21-12)19(23)14-8-10-15(24-3)11-9-14/h4-11H,1-3H3. The van der Waals surface area contributed by atoms with Gasteiger partial charge in [0.15, 0.2) is 5.75 Å². The summed E-state index contributed by atoms with van der Waals surface area (Å²) in [6.45, 7) is 3.06. The SMILES string of the molecule is COc1ccc(C(=O)c2nc(C)c(OC(C)=O)c3ccccc23)cc1. The summed E-state index contributed by atoms with van der Waals surface area (Å²) in [5, 5.41) is 1.33. The van der Waals surface area contributed by atoms with Crippen molar-refractivity contribution in [2.45, 2.75) is 13.8 Å². The van der Waals surface area contributed by atoms with Gasteiger partial charge in [0.2, 0.25) is 5.78 Å². The average Bonchev–Trinajstić information content (AvgIpc) is 2.63. The first-order valence-corrected chi connectivity index (χ1v) is 7.77. The maximum atomic E-state index is 12.9. The molecule has 0 saturated heterocycles. The zero-order chi connectivity index (χ0) is 18.0. The van der Waals surface area contributed by atoms with E-state index in [1.54, 1.807) is 44.4 Å². The Balaban J connectivity index is 2.16. The van der Waals surface area contributed by atoms with Gasteiger partial charge in [0, 0.05) is 23.3 Å². The van der Waals surface area contributed by atoms with Crippen LogP contribution >= 0.6 is 0 Å². The Bertz CT molecular complexity index is 961. The van der Waals surface area contributed by atoms with Crippen LogP contribution in [0.4, 0.5) is 0 Å². The molecule has 0 unspecified atom stereocenters. The van der Waals surface area contributed by atoms with Crippen molar-refractivity contribution in [3.8, 4) is 11.5 Å². The molecule has 0 bridgehead atoms. The third kappa shape index (κ3) is 3.21. The number of ketones is 1. The summed E-state index contributed by atoms with van der Waals surface area (Å²) >= 11 is 0. The molecule has 126 valence electrons. The molecule has 5 nitrogen and oxygen atoms in total. The number of pyridine rings is 1. The molecule has 0 radical (unpaired) electrons. The second-order valence-corrected chi connectivity index (χ2v) is 5.57. The van der Waals surface area contributed by atoms with E-state index in [4.69, 9.17) is 9.47 Å². The van der Waals surface area contributed by atoms with E-state index in [-0.39, 0.29) is 5.78 Å². The lowest BCUT2D eigenvalue weighted by Crippen LogP contribution is -2.10. The van der Waals surface area contributed by atoms with Crippen LogP contribution in [0.3, 0.4) is 0 Å². The summed E-state index contributed by atoms with van der Waals surface area (Å²) in [5.41, 5.74) is 1.33. The topological polar surface area (TPSA) is 65.5 Å². The number of methoxy groups -OCH3 is 1. The molecule has 2 aromatic carbocycles. The van der Waals surface area contributed by atoms with E-state index in [0.717, 1.165) is 0 Å². The highest BCUT2D eigenvalue weighted by Crippen LogP contribution is 2.31. The zero-order valence-electron chi connectivity index (χ0n) is 14.2. The highest BCUT2D eigenvalue weighted by atomic mass is 16.5. The normalized spacial score (nSPS) is 10.5. The summed E-state index contributed by atoms with van der Waals surface area (Å²) in [6, 6.07) is 14.1. The highest BCUT2D eigenvalue weighted by molar-refractivity contribution is 6.16. The number of benzene rings is 2. The fourth-order valence-electron chi connectivity index (χ4n) is 2.69. The number of fused-ring (bicyclic) bond motifs is 1. The smallest absolute Gasteiger partial charge is 0.308 e. The number of esters is 1. The predicted octanol–water partition coefficient (Wildman–Crippen LogP) is 3.71. The lowest BCUT2D eigenvalue weighted by atomic mass is 10.0. The van der Waals surface area contributed by atoms with E-state index in [1.807, 2.05) is 18.2 Å². The molecule has 0 atom stereocenters. The number of carbonyl (C=O) groups excluding carboxylic acids is 2.